The highest BCUT2D eigenvalue weighted by molar-refractivity contribution is 5.55. The number of nitrogens with zero attached hydrogens (tertiary/aromatic N) is 1. The first-order chi connectivity index (χ1) is 8.81. The third kappa shape index (κ3) is 3.49. The van der Waals surface area contributed by atoms with Crippen LogP contribution in [0.4, 0.5) is 5.69 Å². The molecule has 0 atom stereocenters. The van der Waals surface area contributed by atoms with Crippen LogP contribution in [0.2, 0.25) is 0 Å². The minimum Gasteiger partial charge on any atom is -0.371 e. The largest absolute Gasteiger partial charge is 0.371 e. The molecule has 2 heteroatoms. The third-order valence-corrected chi connectivity index (χ3v) is 3.75. The average molecular weight is 246 g/mol. The highest BCUT2D eigenvalue weighted by Crippen LogP contribution is 2.25. The number of rotatable bonds is 4. The molecular formula is C16H26N2. The van der Waals surface area contributed by atoms with Crippen molar-refractivity contribution >= 4 is 5.69 Å². The Labute approximate surface area is 111 Å². The van der Waals surface area contributed by atoms with Crippen LogP contribution in [-0.4, -0.2) is 19.6 Å². The fourth-order valence-electron chi connectivity index (χ4n) is 2.74. The molecule has 0 aliphatic carbocycles. The van der Waals surface area contributed by atoms with E-state index in [1.807, 2.05) is 0 Å². The maximum Gasteiger partial charge on any atom is 0.0412 e. The van der Waals surface area contributed by atoms with Gasteiger partial charge in [-0.3, -0.25) is 0 Å². The molecule has 0 radical (unpaired) electrons. The first kappa shape index (κ1) is 13.4. The second kappa shape index (κ2) is 6.79. The van der Waals surface area contributed by atoms with Gasteiger partial charge in [-0.1, -0.05) is 37.5 Å². The van der Waals surface area contributed by atoms with Gasteiger partial charge in [0.25, 0.3) is 0 Å². The lowest BCUT2D eigenvalue weighted by Gasteiger charge is -2.26. The summed E-state index contributed by atoms with van der Waals surface area (Å²) in [6.45, 7) is 8.82. The van der Waals surface area contributed by atoms with Crippen molar-refractivity contribution in [2.45, 2.75) is 46.1 Å². The van der Waals surface area contributed by atoms with Crippen molar-refractivity contribution in [3.05, 3.63) is 29.3 Å². The van der Waals surface area contributed by atoms with Crippen molar-refractivity contribution in [2.75, 3.05) is 24.5 Å². The van der Waals surface area contributed by atoms with Gasteiger partial charge in [0.2, 0.25) is 0 Å². The lowest BCUT2D eigenvalue weighted by atomic mass is 10.1. The zero-order valence-corrected chi connectivity index (χ0v) is 11.8. The maximum absolute atomic E-state index is 3.46. The van der Waals surface area contributed by atoms with Crippen LogP contribution < -0.4 is 10.2 Å². The van der Waals surface area contributed by atoms with Gasteiger partial charge in [0.05, 0.1) is 0 Å². The van der Waals surface area contributed by atoms with Crippen LogP contribution in [0.3, 0.4) is 0 Å². The molecular weight excluding hydrogens is 220 g/mol. The summed E-state index contributed by atoms with van der Waals surface area (Å²) in [5, 5.41) is 3.46. The summed E-state index contributed by atoms with van der Waals surface area (Å²) in [6.07, 6.45) is 5.47. The van der Waals surface area contributed by atoms with Gasteiger partial charge in [-0.05, 0) is 37.9 Å². The Bertz CT molecular complexity index is 365. The van der Waals surface area contributed by atoms with Gasteiger partial charge in [0.1, 0.15) is 0 Å². The predicted octanol–water partition coefficient (Wildman–Crippen LogP) is 3.48. The highest BCUT2D eigenvalue weighted by Gasteiger charge is 2.13. The first-order valence-electron chi connectivity index (χ1n) is 7.36. The van der Waals surface area contributed by atoms with Crippen LogP contribution in [0.5, 0.6) is 0 Å². The third-order valence-electron chi connectivity index (χ3n) is 3.75. The summed E-state index contributed by atoms with van der Waals surface area (Å²) in [4.78, 5) is 2.58. The minimum atomic E-state index is 0.990. The molecule has 0 unspecified atom stereocenters. The Hall–Kier alpha value is -1.02. The Morgan fingerprint density at radius 1 is 1.11 bits per heavy atom. The standard InChI is InChI=1S/C16H26N2/c1-3-17-13-15-12-14(2)8-9-16(15)18-10-6-4-5-7-11-18/h8-9,12,17H,3-7,10-11,13H2,1-2H3. The Kier molecular flexibility index (Phi) is 5.06. The minimum absolute atomic E-state index is 0.990. The normalized spacial score (nSPS) is 16.7. The summed E-state index contributed by atoms with van der Waals surface area (Å²) in [7, 11) is 0. The number of nitrogens with one attached hydrogen (secondary N) is 1. The fraction of sp³-hybridized carbons (Fsp3) is 0.625. The molecule has 1 aliphatic rings. The molecule has 1 heterocycles. The molecule has 100 valence electrons. The van der Waals surface area contributed by atoms with Crippen LogP contribution in [0.25, 0.3) is 0 Å². The van der Waals surface area contributed by atoms with E-state index < -0.39 is 0 Å². The maximum atomic E-state index is 3.46. The molecule has 0 saturated carbocycles. The summed E-state index contributed by atoms with van der Waals surface area (Å²) >= 11 is 0. The first-order valence-corrected chi connectivity index (χ1v) is 7.36. The van der Waals surface area contributed by atoms with E-state index in [9.17, 15) is 0 Å². The summed E-state index contributed by atoms with van der Waals surface area (Å²) < 4.78 is 0. The number of anilines is 1. The van der Waals surface area contributed by atoms with Gasteiger partial charge in [-0.25, -0.2) is 0 Å². The van der Waals surface area contributed by atoms with Gasteiger partial charge in [0.15, 0.2) is 0 Å². The molecule has 1 aromatic rings. The predicted molar refractivity (Wildman–Crippen MR) is 79.2 cm³/mol. The van der Waals surface area contributed by atoms with Gasteiger partial charge in [0, 0.05) is 25.3 Å². The van der Waals surface area contributed by atoms with Crippen LogP contribution in [0.15, 0.2) is 18.2 Å². The highest BCUT2D eigenvalue weighted by atomic mass is 15.1. The second-order valence-electron chi connectivity index (χ2n) is 5.31. The smallest absolute Gasteiger partial charge is 0.0412 e. The monoisotopic (exact) mass is 246 g/mol. The summed E-state index contributed by atoms with van der Waals surface area (Å²) in [5.74, 6) is 0. The summed E-state index contributed by atoms with van der Waals surface area (Å²) in [6, 6.07) is 6.89. The van der Waals surface area contributed by atoms with E-state index >= 15 is 0 Å². The number of benzene rings is 1. The van der Waals surface area contributed by atoms with Crippen molar-refractivity contribution in [3.8, 4) is 0 Å². The zero-order valence-electron chi connectivity index (χ0n) is 11.8. The molecule has 0 amide bonds. The van der Waals surface area contributed by atoms with E-state index in [1.165, 1.54) is 55.6 Å². The van der Waals surface area contributed by atoms with E-state index in [2.05, 4.69) is 42.3 Å². The van der Waals surface area contributed by atoms with E-state index in [-0.39, 0.29) is 0 Å². The molecule has 2 rings (SSSR count). The van der Waals surface area contributed by atoms with E-state index in [1.54, 1.807) is 0 Å². The molecule has 0 aromatic heterocycles. The van der Waals surface area contributed by atoms with Crippen LogP contribution >= 0.6 is 0 Å². The molecule has 1 aliphatic heterocycles. The number of aryl methyl sites for hydroxylation is 1. The van der Waals surface area contributed by atoms with Gasteiger partial charge in [-0.2, -0.15) is 0 Å². The van der Waals surface area contributed by atoms with Crippen LogP contribution in [0.1, 0.15) is 43.7 Å². The average Bonchev–Trinajstić information content (AvgIpc) is 2.65. The van der Waals surface area contributed by atoms with Crippen molar-refractivity contribution in [3.63, 3.8) is 0 Å². The van der Waals surface area contributed by atoms with Gasteiger partial charge < -0.3 is 10.2 Å². The van der Waals surface area contributed by atoms with Crippen molar-refractivity contribution in [1.29, 1.82) is 0 Å². The molecule has 0 bridgehead atoms. The second-order valence-corrected chi connectivity index (χ2v) is 5.31. The lowest BCUT2D eigenvalue weighted by Crippen LogP contribution is -2.26. The van der Waals surface area contributed by atoms with Crippen molar-refractivity contribution < 1.29 is 0 Å². The quantitative estimate of drug-likeness (QED) is 0.875. The zero-order chi connectivity index (χ0) is 12.8. The molecule has 1 N–H and O–H groups in total. The van der Waals surface area contributed by atoms with Crippen molar-refractivity contribution in [2.24, 2.45) is 0 Å². The van der Waals surface area contributed by atoms with E-state index in [0.717, 1.165) is 13.1 Å². The van der Waals surface area contributed by atoms with Crippen molar-refractivity contribution in [1.82, 2.24) is 5.32 Å². The lowest BCUT2D eigenvalue weighted by molar-refractivity contribution is 0.716. The molecule has 1 saturated heterocycles. The van der Waals surface area contributed by atoms with Crippen LogP contribution in [0, 0.1) is 6.92 Å². The summed E-state index contributed by atoms with van der Waals surface area (Å²) in [5.41, 5.74) is 4.27. The Morgan fingerprint density at radius 2 is 1.83 bits per heavy atom. The van der Waals surface area contributed by atoms with Gasteiger partial charge in [-0.15, -0.1) is 0 Å². The Morgan fingerprint density at radius 3 is 2.50 bits per heavy atom. The topological polar surface area (TPSA) is 15.3 Å². The number of hydrogen-bond acceptors (Lipinski definition) is 2. The SMILES string of the molecule is CCNCc1cc(C)ccc1N1CCCCCC1. The Balaban J connectivity index is 2.18. The molecule has 18 heavy (non-hydrogen) atoms. The molecule has 1 aromatic carbocycles. The number of hydrogen-bond donors (Lipinski definition) is 1. The molecule has 2 nitrogen and oxygen atoms in total. The van der Waals surface area contributed by atoms with Gasteiger partial charge >= 0.3 is 0 Å². The molecule has 1 fully saturated rings. The fourth-order valence-corrected chi connectivity index (χ4v) is 2.74. The molecule has 0 spiro atoms. The van der Waals surface area contributed by atoms with Crippen LogP contribution in [-0.2, 0) is 6.54 Å². The van der Waals surface area contributed by atoms with E-state index in [0.29, 0.717) is 0 Å². The van der Waals surface area contributed by atoms with E-state index in [4.69, 9.17) is 0 Å².